The van der Waals surface area contributed by atoms with Crippen molar-refractivity contribution in [2.24, 2.45) is 17.4 Å². The lowest BCUT2D eigenvalue weighted by Gasteiger charge is -2.42. The second-order valence-corrected chi connectivity index (χ2v) is 20.6. The molecule has 20 nitrogen and oxygen atoms in total. The Morgan fingerprint density at radius 1 is 0.763 bits per heavy atom. The molecule has 402 valence electrons. The van der Waals surface area contributed by atoms with Crippen LogP contribution in [0.4, 0.5) is 24.8 Å². The number of aromatic nitrogens is 8. The smallest absolute Gasteiger partial charge is 0.394 e. The summed E-state index contributed by atoms with van der Waals surface area (Å²) in [5.41, 5.74) is 13.1. The van der Waals surface area contributed by atoms with Crippen LogP contribution in [-0.2, 0) is 41.9 Å². The number of hydrogen-bond donors (Lipinski definition) is 6. The van der Waals surface area contributed by atoms with E-state index in [1.54, 1.807) is 22.3 Å². The van der Waals surface area contributed by atoms with Crippen molar-refractivity contribution in [3.8, 4) is 5.69 Å². The first-order valence-electron chi connectivity index (χ1n) is 25.7. The van der Waals surface area contributed by atoms with Gasteiger partial charge in [-0.05, 0) is 98.7 Å². The molecule has 2 amide bonds. The minimum absolute atomic E-state index is 0.0686. The summed E-state index contributed by atoms with van der Waals surface area (Å²) in [4.78, 5) is 49.1. The molecule has 5 aromatic heterocycles. The summed E-state index contributed by atoms with van der Waals surface area (Å²) in [6, 6.07) is 19.3. The van der Waals surface area contributed by atoms with Gasteiger partial charge in [0, 0.05) is 82.1 Å². The highest BCUT2D eigenvalue weighted by Gasteiger charge is 2.42. The van der Waals surface area contributed by atoms with Gasteiger partial charge in [-0.1, -0.05) is 24.3 Å². The van der Waals surface area contributed by atoms with Crippen molar-refractivity contribution >= 4 is 45.5 Å². The third kappa shape index (κ3) is 11.7. The van der Waals surface area contributed by atoms with Crippen LogP contribution in [0.25, 0.3) is 27.8 Å². The van der Waals surface area contributed by atoms with E-state index in [1.807, 2.05) is 50.6 Å². The number of anilines is 2. The number of fused-ring (bicyclic) bond motifs is 2. The van der Waals surface area contributed by atoms with Gasteiger partial charge in [0.15, 0.2) is 0 Å². The Balaban J connectivity index is 0.000000173. The van der Waals surface area contributed by atoms with Crippen LogP contribution < -0.4 is 21.3 Å². The summed E-state index contributed by atoms with van der Waals surface area (Å²) in [5, 5.41) is 48.4. The monoisotopic (exact) mass is 1050 g/mol. The third-order valence-electron chi connectivity index (χ3n) is 15.1. The SMILES string of the molecule is NC(=O)C(CO)N1CCC(Cn2ccc3c(N(Cc4ccc(C(F)(F)F)cc4)C4CC4)ncnc32)C(O)C1.NC(=O)CN1CCC(O)(Cn2ccc3c(N(Cc4ccc(-n5cccn5)cc4)C4CC4)ncnc32)C(O)C1. The van der Waals surface area contributed by atoms with Crippen molar-refractivity contribution in [2.75, 3.05) is 49.1 Å². The first-order chi connectivity index (χ1) is 36.5. The second-order valence-electron chi connectivity index (χ2n) is 20.6. The highest BCUT2D eigenvalue weighted by Crippen LogP contribution is 2.39. The zero-order valence-electron chi connectivity index (χ0n) is 41.9. The number of hydrogen-bond acceptors (Lipinski definition) is 15. The van der Waals surface area contributed by atoms with Crippen molar-refractivity contribution < 1.29 is 43.2 Å². The van der Waals surface area contributed by atoms with Crippen LogP contribution in [0.2, 0.25) is 0 Å². The van der Waals surface area contributed by atoms with Gasteiger partial charge < -0.3 is 50.8 Å². The van der Waals surface area contributed by atoms with E-state index in [2.05, 4.69) is 59.1 Å². The van der Waals surface area contributed by atoms with Crippen LogP contribution in [0.1, 0.15) is 55.2 Å². The molecule has 23 heteroatoms. The van der Waals surface area contributed by atoms with Crippen LogP contribution in [0.5, 0.6) is 0 Å². The van der Waals surface area contributed by atoms with Gasteiger partial charge in [-0.15, -0.1) is 0 Å². The number of rotatable bonds is 18. The summed E-state index contributed by atoms with van der Waals surface area (Å²) in [6.45, 7) is 2.96. The maximum atomic E-state index is 13.0. The summed E-state index contributed by atoms with van der Waals surface area (Å²) >= 11 is 0. The molecule has 7 heterocycles. The van der Waals surface area contributed by atoms with E-state index >= 15 is 0 Å². The standard InChI is InChI=1S/C27H32N8O3.C26H31F3N6O3/c28-24(37)16-32-13-9-27(38,23(36)15-32)17-33-12-8-22-25(33)29-18-30-26(22)34(20-6-7-20)14-19-2-4-21(5-3-19)35-11-1-10-31-35;27-26(28,29)18-3-1-16(2-4-18)11-35(19-5-6-19)25-20-8-10-34(24(20)31-15-32-25)12-17-7-9-33(13-22(17)37)21(14-36)23(30)38/h1-5,8,10-12,18,20,23,36,38H,6-7,9,13-17H2,(H2,28,37);1-4,8,10,15,17,19,21-22,36-37H,5-7,9,11-14H2,(H2,30,38). The van der Waals surface area contributed by atoms with Gasteiger partial charge in [-0.2, -0.15) is 18.3 Å². The quantitative estimate of drug-likeness (QED) is 0.0722. The molecule has 4 aliphatic rings. The van der Waals surface area contributed by atoms with E-state index in [4.69, 9.17) is 11.5 Å². The number of carbonyl (C=O) groups is 2. The van der Waals surface area contributed by atoms with Crippen LogP contribution in [0.15, 0.2) is 104 Å². The summed E-state index contributed by atoms with van der Waals surface area (Å²) in [5.74, 6) is 0.460. The molecule has 7 aromatic rings. The molecule has 5 unspecified atom stereocenters. The molecule has 0 radical (unpaired) electrons. The van der Waals surface area contributed by atoms with E-state index in [0.717, 1.165) is 83.7 Å². The van der Waals surface area contributed by atoms with Crippen molar-refractivity contribution in [2.45, 2.75) is 107 Å². The van der Waals surface area contributed by atoms with Gasteiger partial charge in [0.1, 0.15) is 47.2 Å². The van der Waals surface area contributed by atoms with Gasteiger partial charge in [0.25, 0.3) is 0 Å². The molecule has 2 aliphatic heterocycles. The zero-order valence-corrected chi connectivity index (χ0v) is 41.9. The van der Waals surface area contributed by atoms with Crippen molar-refractivity contribution in [1.29, 1.82) is 0 Å². The Labute approximate surface area is 436 Å². The number of β-amino-alcohol motifs (C(OH)–C–C–N with tert-alkyl or cyclic N) is 2. The fourth-order valence-electron chi connectivity index (χ4n) is 10.6. The van der Waals surface area contributed by atoms with Crippen molar-refractivity contribution in [3.63, 3.8) is 0 Å². The lowest BCUT2D eigenvalue weighted by atomic mass is 9.88. The van der Waals surface area contributed by atoms with Crippen molar-refractivity contribution in [3.05, 3.63) is 121 Å². The van der Waals surface area contributed by atoms with E-state index in [0.29, 0.717) is 50.7 Å². The van der Waals surface area contributed by atoms with Gasteiger partial charge in [-0.3, -0.25) is 19.4 Å². The average molecular weight is 1050 g/mol. The Morgan fingerprint density at radius 3 is 1.87 bits per heavy atom. The zero-order chi connectivity index (χ0) is 53.3. The maximum absolute atomic E-state index is 13.0. The fraction of sp³-hybridized carbons (Fsp3) is 0.453. The number of aliphatic hydroxyl groups excluding tert-OH is 3. The number of piperidine rings is 2. The van der Waals surface area contributed by atoms with Crippen LogP contribution in [0.3, 0.4) is 0 Å². The minimum atomic E-state index is -4.37. The molecule has 8 N–H and O–H groups in total. The number of carbonyl (C=O) groups excluding carboxylic acids is 2. The van der Waals surface area contributed by atoms with Crippen LogP contribution in [-0.4, -0.2) is 156 Å². The Kier molecular flexibility index (Phi) is 15.1. The van der Waals surface area contributed by atoms with Gasteiger partial charge in [0.2, 0.25) is 11.8 Å². The number of likely N-dealkylation sites (tertiary alicyclic amines) is 2. The Morgan fingerprint density at radius 2 is 1.36 bits per heavy atom. The summed E-state index contributed by atoms with van der Waals surface area (Å²) in [7, 11) is 0. The number of halogens is 3. The molecule has 2 saturated heterocycles. The molecule has 0 bridgehead atoms. The topological polar surface area (TPSA) is 259 Å². The van der Waals surface area contributed by atoms with E-state index in [9.17, 15) is 43.2 Å². The van der Waals surface area contributed by atoms with E-state index in [1.165, 1.54) is 24.0 Å². The second kappa shape index (κ2) is 21.9. The lowest BCUT2D eigenvalue weighted by Crippen LogP contribution is -2.58. The number of aliphatic hydroxyl groups is 4. The predicted octanol–water partition coefficient (Wildman–Crippen LogP) is 3.22. The highest BCUT2D eigenvalue weighted by molar-refractivity contribution is 5.89. The molecule has 5 atom stereocenters. The highest BCUT2D eigenvalue weighted by atomic mass is 19.4. The molecule has 2 saturated carbocycles. The maximum Gasteiger partial charge on any atom is 0.416 e. The Hall–Kier alpha value is -7.02. The van der Waals surface area contributed by atoms with Gasteiger partial charge in [-0.25, -0.2) is 24.6 Å². The van der Waals surface area contributed by atoms with Crippen LogP contribution in [0, 0.1) is 5.92 Å². The molecule has 0 spiro atoms. The lowest BCUT2D eigenvalue weighted by molar-refractivity contribution is -0.137. The molecule has 2 aromatic carbocycles. The molecule has 11 rings (SSSR count). The Bertz CT molecular complexity index is 3110. The third-order valence-corrected chi connectivity index (χ3v) is 15.1. The number of nitrogens with zero attached hydrogens (tertiary/aromatic N) is 12. The number of amides is 2. The average Bonchev–Trinajstić information content (AvgIpc) is 4.28. The summed E-state index contributed by atoms with van der Waals surface area (Å²) in [6.07, 6.45) is 9.60. The molecule has 76 heavy (non-hydrogen) atoms. The van der Waals surface area contributed by atoms with E-state index in [-0.39, 0.29) is 38.1 Å². The largest absolute Gasteiger partial charge is 0.416 e. The molecule has 4 fully saturated rings. The first kappa shape index (κ1) is 52.4. The number of nitrogens with two attached hydrogens (primary N) is 2. The van der Waals surface area contributed by atoms with Crippen LogP contribution >= 0.6 is 0 Å². The molecule has 2 aliphatic carbocycles. The van der Waals surface area contributed by atoms with Gasteiger partial charge >= 0.3 is 6.18 Å². The number of benzene rings is 2. The fourth-order valence-corrected chi connectivity index (χ4v) is 10.6. The predicted molar refractivity (Wildman–Crippen MR) is 275 cm³/mol. The molecular formula is C53H63F3N14O6. The first-order valence-corrected chi connectivity index (χ1v) is 25.7. The minimum Gasteiger partial charge on any atom is -0.394 e. The molecular weight excluding hydrogens is 986 g/mol. The number of primary amides is 2. The summed E-state index contributed by atoms with van der Waals surface area (Å²) < 4.78 is 44.6. The van der Waals surface area contributed by atoms with E-state index < -0.39 is 54.0 Å². The normalized spacial score (nSPS) is 21.8. The van der Waals surface area contributed by atoms with Crippen molar-refractivity contribution in [1.82, 2.24) is 48.7 Å². The van der Waals surface area contributed by atoms with Gasteiger partial charge in [0.05, 0.1) is 53.9 Å². The number of alkyl halides is 3.